The first-order valence-corrected chi connectivity index (χ1v) is 14.3. The summed E-state index contributed by atoms with van der Waals surface area (Å²) in [5.74, 6) is -1.94. The van der Waals surface area contributed by atoms with Gasteiger partial charge >= 0.3 is 24.0 Å². The van der Waals surface area contributed by atoms with Crippen molar-refractivity contribution in [3.8, 4) is 0 Å². The van der Waals surface area contributed by atoms with Crippen molar-refractivity contribution in [3.63, 3.8) is 0 Å². The van der Waals surface area contributed by atoms with Gasteiger partial charge in [-0.15, -0.1) is 0 Å². The second kappa shape index (κ2) is 13.3. The molecule has 0 radical (unpaired) electrons. The Bertz CT molecular complexity index is 708. The molecule has 0 saturated carbocycles. The third kappa shape index (κ3) is 10.8. The van der Waals surface area contributed by atoms with Crippen molar-refractivity contribution >= 4 is 32.1 Å². The van der Waals surface area contributed by atoms with Gasteiger partial charge in [0.25, 0.3) is 0 Å². The number of ether oxygens (including phenoxy) is 6. The van der Waals surface area contributed by atoms with Gasteiger partial charge in [-0.25, -0.2) is 4.79 Å². The summed E-state index contributed by atoms with van der Waals surface area (Å²) >= 11 is 0. The Labute approximate surface area is 195 Å². The average Bonchev–Trinajstić information content (AvgIpc) is 2.67. The molecule has 33 heavy (non-hydrogen) atoms. The summed E-state index contributed by atoms with van der Waals surface area (Å²) in [5.41, 5.74) is 0. The molecule has 1 aliphatic heterocycles. The molecule has 1 aliphatic rings. The number of carbonyl (C=O) groups excluding carboxylic acids is 4. The lowest BCUT2D eigenvalue weighted by Gasteiger charge is -2.44. The van der Waals surface area contributed by atoms with Gasteiger partial charge in [-0.2, -0.15) is 0 Å². The molecule has 0 aromatic heterocycles. The maximum Gasteiger partial charge on any atom is 0.407 e. The molecule has 0 aromatic rings. The highest BCUT2D eigenvalue weighted by Crippen LogP contribution is 2.28. The van der Waals surface area contributed by atoms with Crippen LogP contribution in [0, 0.1) is 0 Å². The number of nitrogens with one attached hydrogen (secondary N) is 1. The van der Waals surface area contributed by atoms with E-state index in [9.17, 15) is 19.2 Å². The Hall–Kier alpha value is -2.44. The van der Waals surface area contributed by atoms with Gasteiger partial charge in [0.05, 0.1) is 0 Å². The summed E-state index contributed by atoms with van der Waals surface area (Å²) in [4.78, 5) is 47.3. The highest BCUT2D eigenvalue weighted by Gasteiger charge is 2.51. The fourth-order valence-corrected chi connectivity index (χ4v) is 3.72. The molecule has 1 heterocycles. The molecule has 11 nitrogen and oxygen atoms in total. The van der Waals surface area contributed by atoms with Crippen LogP contribution < -0.4 is 5.32 Å². The van der Waals surface area contributed by atoms with Crippen LogP contribution in [0.1, 0.15) is 20.8 Å². The number of hydrogen-bond acceptors (Lipinski definition) is 10. The lowest BCUT2D eigenvalue weighted by Crippen LogP contribution is -2.66. The summed E-state index contributed by atoms with van der Waals surface area (Å²) in [6.07, 6.45) is -3.95. The maximum atomic E-state index is 12.3. The van der Waals surface area contributed by atoms with Crippen molar-refractivity contribution in [1.29, 1.82) is 0 Å². The van der Waals surface area contributed by atoms with Crippen LogP contribution in [0.2, 0.25) is 25.7 Å². The van der Waals surface area contributed by atoms with E-state index in [0.29, 0.717) is 6.61 Å². The highest BCUT2D eigenvalue weighted by atomic mass is 28.3. The Morgan fingerprint density at radius 1 is 0.970 bits per heavy atom. The molecular formula is C21H35NO10Si. The van der Waals surface area contributed by atoms with Crippen molar-refractivity contribution in [1.82, 2.24) is 5.32 Å². The molecule has 0 bridgehead atoms. The van der Waals surface area contributed by atoms with Crippen LogP contribution in [0.4, 0.5) is 4.79 Å². The Kier molecular flexibility index (Phi) is 11.5. The molecule has 188 valence electrons. The smallest absolute Gasteiger partial charge is 0.407 e. The van der Waals surface area contributed by atoms with Gasteiger partial charge in [0.2, 0.25) is 0 Å². The summed E-state index contributed by atoms with van der Waals surface area (Å²) in [7, 11) is -1.47. The second-order valence-corrected chi connectivity index (χ2v) is 14.4. The number of esters is 3. The molecule has 0 unspecified atom stereocenters. The van der Waals surface area contributed by atoms with Crippen molar-refractivity contribution < 1.29 is 47.6 Å². The van der Waals surface area contributed by atoms with Crippen molar-refractivity contribution in [2.75, 3.05) is 19.8 Å². The largest absolute Gasteiger partial charge is 0.463 e. The van der Waals surface area contributed by atoms with Crippen molar-refractivity contribution in [2.45, 2.75) is 77.1 Å². The molecule has 1 rings (SSSR count). The van der Waals surface area contributed by atoms with Crippen LogP contribution in [0.15, 0.2) is 12.7 Å². The maximum absolute atomic E-state index is 12.3. The van der Waals surface area contributed by atoms with E-state index < -0.39 is 62.7 Å². The number of carbonyl (C=O) groups is 4. The Balaban J connectivity index is 3.28. The van der Waals surface area contributed by atoms with Crippen LogP contribution in [0.3, 0.4) is 0 Å². The van der Waals surface area contributed by atoms with Crippen LogP contribution >= 0.6 is 0 Å². The van der Waals surface area contributed by atoms with Gasteiger partial charge in [-0.05, 0) is 6.04 Å². The third-order valence-corrected chi connectivity index (χ3v) is 6.16. The molecule has 0 aromatic carbocycles. The second-order valence-electron chi connectivity index (χ2n) is 8.73. The molecular weight excluding hydrogens is 454 g/mol. The quantitative estimate of drug-likeness (QED) is 0.198. The van der Waals surface area contributed by atoms with Gasteiger partial charge in [0.15, 0.2) is 18.5 Å². The van der Waals surface area contributed by atoms with Crippen LogP contribution in [-0.2, 0) is 42.8 Å². The monoisotopic (exact) mass is 489 g/mol. The minimum atomic E-state index is -1.47. The Morgan fingerprint density at radius 2 is 1.58 bits per heavy atom. The standard InChI is InChI=1S/C21H35NO10Si/c1-8-9-28-21(26)22-17-19(31-15(4)25)18(30-14(3)24)16(12-29-13(2)23)32-20(17)27-10-11-33(5,6)7/h8,16-20H,1,9-12H2,2-7H3,(H,22,26)/t16-,17-,18-,19-,20-/m1/s1. The molecule has 1 N–H and O–H groups in total. The van der Waals surface area contributed by atoms with Crippen LogP contribution in [-0.4, -0.2) is 82.5 Å². The van der Waals surface area contributed by atoms with E-state index >= 15 is 0 Å². The molecule has 1 amide bonds. The van der Waals surface area contributed by atoms with E-state index in [0.717, 1.165) is 6.04 Å². The van der Waals surface area contributed by atoms with E-state index in [4.69, 9.17) is 28.4 Å². The molecule has 1 fully saturated rings. The van der Waals surface area contributed by atoms with Gasteiger partial charge < -0.3 is 33.7 Å². The first kappa shape index (κ1) is 28.6. The topological polar surface area (TPSA) is 136 Å². The zero-order chi connectivity index (χ0) is 25.2. The summed E-state index contributed by atoms with van der Waals surface area (Å²) in [6, 6.07) is -0.286. The number of hydrogen-bond donors (Lipinski definition) is 1. The molecule has 1 saturated heterocycles. The lowest BCUT2D eigenvalue weighted by molar-refractivity contribution is -0.276. The zero-order valence-electron chi connectivity index (χ0n) is 20.1. The molecule has 0 aliphatic carbocycles. The Morgan fingerprint density at radius 3 is 2.09 bits per heavy atom. The molecule has 5 atom stereocenters. The predicted octanol–water partition coefficient (Wildman–Crippen LogP) is 1.77. The summed E-state index contributed by atoms with van der Waals surface area (Å²) in [6.45, 7) is 13.5. The lowest BCUT2D eigenvalue weighted by atomic mass is 9.96. The van der Waals surface area contributed by atoms with Gasteiger partial charge in [-0.3, -0.25) is 14.4 Å². The van der Waals surface area contributed by atoms with E-state index in [1.807, 2.05) is 0 Å². The first-order chi connectivity index (χ1) is 15.3. The zero-order valence-corrected chi connectivity index (χ0v) is 21.1. The summed E-state index contributed by atoms with van der Waals surface area (Å²) in [5, 5.41) is 2.57. The highest BCUT2D eigenvalue weighted by molar-refractivity contribution is 6.76. The normalized spacial score (nSPS) is 24.8. The number of rotatable bonds is 11. The van der Waals surface area contributed by atoms with E-state index in [1.165, 1.54) is 26.8 Å². The first-order valence-electron chi connectivity index (χ1n) is 10.6. The van der Waals surface area contributed by atoms with Gasteiger partial charge in [0.1, 0.15) is 25.4 Å². The fraction of sp³-hybridized carbons (Fsp3) is 0.714. The van der Waals surface area contributed by atoms with E-state index in [1.54, 1.807) is 0 Å². The van der Waals surface area contributed by atoms with Crippen LogP contribution in [0.25, 0.3) is 0 Å². The number of alkyl carbamates (subject to hydrolysis) is 1. The molecule has 0 spiro atoms. The number of amides is 1. The minimum absolute atomic E-state index is 0.0543. The third-order valence-electron chi connectivity index (χ3n) is 4.45. The summed E-state index contributed by atoms with van der Waals surface area (Å²) < 4.78 is 32.7. The SMILES string of the molecule is C=CCOC(=O)N[C@H]1[C@H](OCC[Si](C)(C)C)O[C@H](COC(C)=O)[C@@H](OC(C)=O)[C@@H]1OC(C)=O. The fourth-order valence-electron chi connectivity index (χ4n) is 2.99. The van der Waals surface area contributed by atoms with Crippen molar-refractivity contribution in [2.24, 2.45) is 0 Å². The van der Waals surface area contributed by atoms with Gasteiger partial charge in [-0.1, -0.05) is 32.3 Å². The minimum Gasteiger partial charge on any atom is -0.463 e. The van der Waals surface area contributed by atoms with Crippen LogP contribution in [0.5, 0.6) is 0 Å². The molecule has 12 heteroatoms. The van der Waals surface area contributed by atoms with E-state index in [2.05, 4.69) is 31.5 Å². The average molecular weight is 490 g/mol. The predicted molar refractivity (Wildman–Crippen MR) is 119 cm³/mol. The van der Waals surface area contributed by atoms with Crippen molar-refractivity contribution in [3.05, 3.63) is 12.7 Å². The van der Waals surface area contributed by atoms with Gasteiger partial charge in [0, 0.05) is 35.5 Å². The van der Waals surface area contributed by atoms with E-state index in [-0.39, 0.29) is 13.2 Å².